The lowest BCUT2D eigenvalue weighted by molar-refractivity contribution is -0.154. The number of carboxylic acids is 1. The molecule has 31 heavy (non-hydrogen) atoms. The van der Waals surface area contributed by atoms with Crippen molar-refractivity contribution in [3.63, 3.8) is 0 Å². The number of carboxylic acid groups (broad SMARTS) is 1. The SMILES string of the molecule is O=C(NOC(Cc1ccc(OCc2ccccc2)cc1)C(=O)O)OCc1ccccc1. The Morgan fingerprint density at radius 1 is 0.774 bits per heavy atom. The van der Waals surface area contributed by atoms with Gasteiger partial charge in [-0.25, -0.2) is 9.59 Å². The normalized spacial score (nSPS) is 11.4. The van der Waals surface area contributed by atoms with Crippen molar-refractivity contribution in [2.24, 2.45) is 0 Å². The third-order valence-corrected chi connectivity index (χ3v) is 4.37. The van der Waals surface area contributed by atoms with E-state index in [0.29, 0.717) is 12.4 Å². The van der Waals surface area contributed by atoms with Crippen LogP contribution in [-0.2, 0) is 34.0 Å². The van der Waals surface area contributed by atoms with Gasteiger partial charge in [-0.15, -0.1) is 0 Å². The minimum Gasteiger partial charge on any atom is -0.489 e. The lowest BCUT2D eigenvalue weighted by atomic mass is 10.1. The van der Waals surface area contributed by atoms with Crippen LogP contribution < -0.4 is 10.2 Å². The molecular weight excluding hydrogens is 398 g/mol. The fourth-order valence-corrected chi connectivity index (χ4v) is 2.73. The first-order valence-electron chi connectivity index (χ1n) is 9.71. The minimum atomic E-state index is -1.26. The van der Waals surface area contributed by atoms with E-state index in [2.05, 4.69) is 0 Å². The predicted octanol–water partition coefficient (Wildman–Crippen LogP) is 4.12. The van der Waals surface area contributed by atoms with E-state index in [0.717, 1.165) is 16.7 Å². The van der Waals surface area contributed by atoms with Gasteiger partial charge in [0, 0.05) is 6.42 Å². The Bertz CT molecular complexity index is 960. The number of hydroxylamine groups is 1. The summed E-state index contributed by atoms with van der Waals surface area (Å²) in [7, 11) is 0. The van der Waals surface area contributed by atoms with Crippen LogP contribution >= 0.6 is 0 Å². The fourth-order valence-electron chi connectivity index (χ4n) is 2.73. The van der Waals surface area contributed by atoms with Crippen molar-refractivity contribution in [3.8, 4) is 5.75 Å². The van der Waals surface area contributed by atoms with Gasteiger partial charge in [0.2, 0.25) is 0 Å². The Balaban J connectivity index is 1.45. The van der Waals surface area contributed by atoms with Crippen molar-refractivity contribution in [1.82, 2.24) is 5.48 Å². The highest BCUT2D eigenvalue weighted by Crippen LogP contribution is 2.16. The summed E-state index contributed by atoms with van der Waals surface area (Å²) in [5, 5.41) is 9.38. The Morgan fingerprint density at radius 2 is 1.35 bits per heavy atom. The lowest BCUT2D eigenvalue weighted by Gasteiger charge is -2.14. The fraction of sp³-hybridized carbons (Fsp3) is 0.167. The second kappa shape index (κ2) is 11.4. The van der Waals surface area contributed by atoms with Crippen LogP contribution in [0.25, 0.3) is 0 Å². The van der Waals surface area contributed by atoms with Crippen LogP contribution in [0.5, 0.6) is 5.75 Å². The molecule has 0 heterocycles. The van der Waals surface area contributed by atoms with E-state index in [1.54, 1.807) is 36.4 Å². The van der Waals surface area contributed by atoms with Crippen molar-refractivity contribution in [2.45, 2.75) is 25.7 Å². The standard InChI is InChI=1S/C24H23NO6/c26-23(27)22(31-25-24(28)30-17-20-9-5-2-6-10-20)15-18-11-13-21(14-12-18)29-16-19-7-3-1-4-8-19/h1-14,22H,15-17H2,(H,25,28)(H,26,27). The molecule has 0 saturated heterocycles. The zero-order valence-corrected chi connectivity index (χ0v) is 16.8. The average molecular weight is 421 g/mol. The van der Waals surface area contributed by atoms with Gasteiger partial charge in [0.1, 0.15) is 19.0 Å². The number of rotatable bonds is 10. The number of carbonyl (C=O) groups excluding carboxylic acids is 1. The van der Waals surface area contributed by atoms with Gasteiger partial charge in [-0.3, -0.25) is 4.84 Å². The molecule has 1 atom stereocenters. The molecule has 0 aliphatic rings. The summed E-state index contributed by atoms with van der Waals surface area (Å²) in [6, 6.07) is 25.9. The summed E-state index contributed by atoms with van der Waals surface area (Å²) in [5.41, 5.74) is 4.62. The molecule has 0 bridgehead atoms. The van der Waals surface area contributed by atoms with E-state index in [1.807, 2.05) is 54.0 Å². The van der Waals surface area contributed by atoms with Crippen molar-refractivity contribution in [2.75, 3.05) is 0 Å². The first kappa shape index (κ1) is 21.9. The number of benzene rings is 3. The van der Waals surface area contributed by atoms with Gasteiger partial charge in [0.25, 0.3) is 0 Å². The van der Waals surface area contributed by atoms with Gasteiger partial charge in [0.15, 0.2) is 6.10 Å². The first-order valence-corrected chi connectivity index (χ1v) is 9.71. The number of carbonyl (C=O) groups is 2. The Kier molecular flexibility index (Phi) is 8.02. The number of ether oxygens (including phenoxy) is 2. The molecule has 3 rings (SSSR count). The molecule has 7 heteroatoms. The smallest absolute Gasteiger partial charge is 0.431 e. The monoisotopic (exact) mass is 421 g/mol. The first-order chi connectivity index (χ1) is 15.1. The van der Waals surface area contributed by atoms with E-state index in [4.69, 9.17) is 14.3 Å². The lowest BCUT2D eigenvalue weighted by Crippen LogP contribution is -2.36. The molecule has 0 fully saturated rings. The molecule has 2 N–H and O–H groups in total. The molecule has 0 saturated carbocycles. The molecule has 0 aromatic heterocycles. The summed E-state index contributed by atoms with van der Waals surface area (Å²) in [5.74, 6) is -0.532. The third kappa shape index (κ3) is 7.49. The van der Waals surface area contributed by atoms with E-state index in [1.165, 1.54) is 0 Å². The van der Waals surface area contributed by atoms with Gasteiger partial charge >= 0.3 is 12.1 Å². The van der Waals surface area contributed by atoms with Crippen molar-refractivity contribution in [1.29, 1.82) is 0 Å². The second-order valence-corrected chi connectivity index (χ2v) is 6.73. The quantitative estimate of drug-likeness (QED) is 0.478. The van der Waals surface area contributed by atoms with Gasteiger partial charge < -0.3 is 14.6 Å². The Morgan fingerprint density at radius 3 is 1.94 bits per heavy atom. The van der Waals surface area contributed by atoms with E-state index in [-0.39, 0.29) is 13.0 Å². The zero-order chi connectivity index (χ0) is 21.9. The highest BCUT2D eigenvalue weighted by atomic mass is 16.7. The van der Waals surface area contributed by atoms with Crippen LogP contribution in [0.3, 0.4) is 0 Å². The number of hydrogen-bond donors (Lipinski definition) is 2. The summed E-state index contributed by atoms with van der Waals surface area (Å²) in [6.07, 6.45) is -2.06. The second-order valence-electron chi connectivity index (χ2n) is 6.73. The summed E-state index contributed by atoms with van der Waals surface area (Å²) in [6.45, 7) is 0.494. The van der Waals surface area contributed by atoms with E-state index < -0.39 is 18.2 Å². The molecule has 3 aromatic rings. The number of amides is 1. The molecule has 1 amide bonds. The van der Waals surface area contributed by atoms with Crippen LogP contribution in [0.15, 0.2) is 84.9 Å². The highest BCUT2D eigenvalue weighted by molar-refractivity contribution is 5.73. The van der Waals surface area contributed by atoms with Crippen LogP contribution in [0.2, 0.25) is 0 Å². The van der Waals surface area contributed by atoms with Crippen LogP contribution in [0.4, 0.5) is 4.79 Å². The highest BCUT2D eigenvalue weighted by Gasteiger charge is 2.21. The molecule has 0 radical (unpaired) electrons. The predicted molar refractivity (Wildman–Crippen MR) is 113 cm³/mol. The van der Waals surface area contributed by atoms with Gasteiger partial charge in [0.05, 0.1) is 0 Å². The summed E-state index contributed by atoms with van der Waals surface area (Å²) >= 11 is 0. The van der Waals surface area contributed by atoms with Gasteiger partial charge in [-0.05, 0) is 28.8 Å². The maximum atomic E-state index is 11.8. The molecule has 1 unspecified atom stereocenters. The number of hydrogen-bond acceptors (Lipinski definition) is 5. The molecule has 0 spiro atoms. The number of nitrogens with one attached hydrogen (secondary N) is 1. The molecular formula is C24H23NO6. The topological polar surface area (TPSA) is 94.1 Å². The molecule has 160 valence electrons. The molecule has 0 aliphatic heterocycles. The van der Waals surface area contributed by atoms with Crippen molar-refractivity contribution < 1.29 is 29.0 Å². The zero-order valence-electron chi connectivity index (χ0n) is 16.8. The largest absolute Gasteiger partial charge is 0.489 e. The van der Waals surface area contributed by atoms with E-state index in [9.17, 15) is 14.7 Å². The molecule has 7 nitrogen and oxygen atoms in total. The average Bonchev–Trinajstić information content (AvgIpc) is 2.81. The number of aliphatic carboxylic acids is 1. The molecule has 0 aliphatic carbocycles. The minimum absolute atomic E-state index is 0.0538. The van der Waals surface area contributed by atoms with Crippen molar-refractivity contribution in [3.05, 3.63) is 102 Å². The van der Waals surface area contributed by atoms with Crippen molar-refractivity contribution >= 4 is 12.1 Å². The maximum Gasteiger partial charge on any atom is 0.431 e. The van der Waals surface area contributed by atoms with Gasteiger partial charge in [-0.1, -0.05) is 72.8 Å². The van der Waals surface area contributed by atoms with E-state index >= 15 is 0 Å². The third-order valence-electron chi connectivity index (χ3n) is 4.37. The Hall–Kier alpha value is -3.84. The van der Waals surface area contributed by atoms with Crippen LogP contribution in [-0.4, -0.2) is 23.3 Å². The maximum absolute atomic E-state index is 11.8. The summed E-state index contributed by atoms with van der Waals surface area (Å²) in [4.78, 5) is 28.3. The van der Waals surface area contributed by atoms with Gasteiger partial charge in [-0.2, -0.15) is 5.48 Å². The molecule has 3 aromatic carbocycles. The summed E-state index contributed by atoms with van der Waals surface area (Å²) < 4.78 is 10.7. The van der Waals surface area contributed by atoms with Crippen LogP contribution in [0.1, 0.15) is 16.7 Å². The van der Waals surface area contributed by atoms with Crippen LogP contribution in [0, 0.1) is 0 Å². The Labute approximate surface area is 180 Å².